The van der Waals surface area contributed by atoms with E-state index in [4.69, 9.17) is 0 Å². The highest BCUT2D eigenvalue weighted by molar-refractivity contribution is 7.89. The molecule has 2 aromatic heterocycles. The predicted octanol–water partition coefficient (Wildman–Crippen LogP) is 4.82. The number of carbonyl (C=O) groups is 1. The minimum absolute atomic E-state index is 0.0901. The van der Waals surface area contributed by atoms with Crippen molar-refractivity contribution in [3.8, 4) is 11.3 Å². The van der Waals surface area contributed by atoms with Crippen LogP contribution in [-0.4, -0.2) is 52.7 Å². The molecule has 1 amide bonds. The lowest BCUT2D eigenvalue weighted by Crippen LogP contribution is -2.45. The van der Waals surface area contributed by atoms with E-state index in [1.165, 1.54) is 12.1 Å². The summed E-state index contributed by atoms with van der Waals surface area (Å²) >= 11 is 0. The molecule has 2 N–H and O–H groups in total. The number of rotatable bonds is 10. The molecule has 230 valence electrons. The first-order chi connectivity index (χ1) is 21.0. The van der Waals surface area contributed by atoms with Crippen LogP contribution in [0.2, 0.25) is 0 Å². The molecule has 44 heavy (non-hydrogen) atoms. The van der Waals surface area contributed by atoms with E-state index in [0.29, 0.717) is 42.8 Å². The van der Waals surface area contributed by atoms with Crippen molar-refractivity contribution in [2.24, 2.45) is 0 Å². The standard InChI is InChI=1S/C30H28F4N6O3S/c31-23-9-11-25(12-10-23)44(42,43)40-16-2-4-27(40)28(41)37-19-24-17-26(21-5-7-22(8-6-21)30(32,33)34)39-29(38-24)36-15-13-20-3-1-14-35-18-20/h1,3,5-12,14,17-18,27H,2,4,13,15-16,19H2,(H,37,41)(H,36,38,39)/t27-/m0/s1. The van der Waals surface area contributed by atoms with Gasteiger partial charge in [0.15, 0.2) is 0 Å². The van der Waals surface area contributed by atoms with Gasteiger partial charge in [-0.25, -0.2) is 22.8 Å². The molecule has 4 aromatic rings. The third kappa shape index (κ3) is 7.37. The van der Waals surface area contributed by atoms with E-state index in [9.17, 15) is 30.8 Å². The molecule has 1 atom stereocenters. The topological polar surface area (TPSA) is 117 Å². The van der Waals surface area contributed by atoms with Gasteiger partial charge in [0.1, 0.15) is 11.9 Å². The van der Waals surface area contributed by atoms with E-state index in [-0.39, 0.29) is 23.9 Å². The second-order valence-corrected chi connectivity index (χ2v) is 12.0. The molecular weight excluding hydrogens is 600 g/mol. The van der Waals surface area contributed by atoms with E-state index < -0.39 is 39.5 Å². The van der Waals surface area contributed by atoms with Crippen molar-refractivity contribution >= 4 is 21.9 Å². The van der Waals surface area contributed by atoms with Crippen molar-refractivity contribution in [3.63, 3.8) is 0 Å². The fraction of sp³-hybridized carbons (Fsp3) is 0.267. The van der Waals surface area contributed by atoms with E-state index in [1.807, 2.05) is 12.1 Å². The number of carbonyl (C=O) groups excluding carboxylic acids is 1. The Kier molecular flexibility index (Phi) is 9.20. The minimum Gasteiger partial charge on any atom is -0.354 e. The van der Waals surface area contributed by atoms with Crippen LogP contribution in [0.5, 0.6) is 0 Å². The Hall–Kier alpha value is -4.43. The third-order valence-electron chi connectivity index (χ3n) is 7.08. The lowest BCUT2D eigenvalue weighted by atomic mass is 10.1. The molecule has 1 aliphatic heterocycles. The van der Waals surface area contributed by atoms with Crippen LogP contribution in [0.3, 0.4) is 0 Å². The minimum atomic E-state index is -4.49. The van der Waals surface area contributed by atoms with Crippen LogP contribution >= 0.6 is 0 Å². The first kappa shape index (κ1) is 31.0. The summed E-state index contributed by atoms with van der Waals surface area (Å²) in [5, 5.41) is 5.85. The number of sulfonamides is 1. The molecule has 9 nitrogen and oxygen atoms in total. The van der Waals surface area contributed by atoms with Crippen molar-refractivity contribution < 1.29 is 30.8 Å². The van der Waals surface area contributed by atoms with Crippen molar-refractivity contribution in [1.29, 1.82) is 0 Å². The maximum atomic E-state index is 13.4. The Morgan fingerprint density at radius 1 is 1.02 bits per heavy atom. The summed E-state index contributed by atoms with van der Waals surface area (Å²) in [5.74, 6) is -0.906. The first-order valence-corrected chi connectivity index (χ1v) is 15.2. The molecule has 5 rings (SSSR count). The SMILES string of the molecule is O=C(NCc1cc(-c2ccc(C(F)(F)F)cc2)nc(NCCc2cccnc2)n1)[C@@H]1CCCN1S(=O)(=O)c1ccc(F)cc1. The quantitative estimate of drug-likeness (QED) is 0.242. The van der Waals surface area contributed by atoms with Crippen molar-refractivity contribution in [1.82, 2.24) is 24.6 Å². The Morgan fingerprint density at radius 3 is 2.45 bits per heavy atom. The van der Waals surface area contributed by atoms with E-state index >= 15 is 0 Å². The highest BCUT2D eigenvalue weighted by Crippen LogP contribution is 2.31. The van der Waals surface area contributed by atoms with Gasteiger partial charge in [0.2, 0.25) is 21.9 Å². The highest BCUT2D eigenvalue weighted by Gasteiger charge is 2.39. The number of pyridine rings is 1. The van der Waals surface area contributed by atoms with Gasteiger partial charge in [-0.3, -0.25) is 9.78 Å². The number of nitrogens with zero attached hydrogens (tertiary/aromatic N) is 4. The molecule has 0 spiro atoms. The third-order valence-corrected chi connectivity index (χ3v) is 9.00. The van der Waals surface area contributed by atoms with Gasteiger partial charge in [0, 0.05) is 31.0 Å². The molecule has 0 bridgehead atoms. The Bertz CT molecular complexity index is 1700. The second-order valence-electron chi connectivity index (χ2n) is 10.1. The van der Waals surface area contributed by atoms with Crippen molar-refractivity contribution in [3.05, 3.63) is 102 Å². The van der Waals surface area contributed by atoms with Gasteiger partial charge in [-0.2, -0.15) is 17.5 Å². The van der Waals surface area contributed by atoms with Crippen molar-refractivity contribution in [2.45, 2.75) is 42.9 Å². The van der Waals surface area contributed by atoms with Gasteiger partial charge in [-0.15, -0.1) is 0 Å². The molecule has 0 radical (unpaired) electrons. The summed E-state index contributed by atoms with van der Waals surface area (Å²) in [6.07, 6.45) is 0.274. The van der Waals surface area contributed by atoms with Crippen LogP contribution in [0.1, 0.15) is 29.7 Å². The number of alkyl halides is 3. The van der Waals surface area contributed by atoms with Crippen LogP contribution in [0, 0.1) is 5.82 Å². The largest absolute Gasteiger partial charge is 0.416 e. The zero-order chi connectivity index (χ0) is 31.3. The first-order valence-electron chi connectivity index (χ1n) is 13.7. The maximum Gasteiger partial charge on any atom is 0.416 e. The number of hydrogen-bond donors (Lipinski definition) is 2. The Labute approximate surface area is 251 Å². The van der Waals surface area contributed by atoms with Crippen LogP contribution in [0.15, 0.2) is 84.0 Å². The van der Waals surface area contributed by atoms with E-state index in [1.54, 1.807) is 18.5 Å². The lowest BCUT2D eigenvalue weighted by molar-refractivity contribution is -0.137. The monoisotopic (exact) mass is 628 g/mol. The summed E-state index contributed by atoms with van der Waals surface area (Å²) in [5.41, 5.74) is 1.29. The Morgan fingerprint density at radius 2 is 1.77 bits per heavy atom. The number of halogens is 4. The number of aromatic nitrogens is 3. The molecule has 0 unspecified atom stereocenters. The van der Waals surface area contributed by atoms with E-state index in [0.717, 1.165) is 46.3 Å². The number of hydrogen-bond acceptors (Lipinski definition) is 7. The average molecular weight is 629 g/mol. The maximum absolute atomic E-state index is 13.4. The smallest absolute Gasteiger partial charge is 0.354 e. The van der Waals surface area contributed by atoms with E-state index in [2.05, 4.69) is 25.6 Å². The van der Waals surface area contributed by atoms with Gasteiger partial charge >= 0.3 is 6.18 Å². The fourth-order valence-corrected chi connectivity index (χ4v) is 6.49. The van der Waals surface area contributed by atoms with Crippen LogP contribution in [0.4, 0.5) is 23.5 Å². The van der Waals surface area contributed by atoms with Gasteiger partial charge in [-0.1, -0.05) is 18.2 Å². The number of benzene rings is 2. The molecule has 2 aromatic carbocycles. The van der Waals surface area contributed by atoms with Gasteiger partial charge < -0.3 is 10.6 Å². The number of anilines is 1. The average Bonchev–Trinajstić information content (AvgIpc) is 3.52. The van der Waals surface area contributed by atoms with Crippen LogP contribution < -0.4 is 10.6 Å². The van der Waals surface area contributed by atoms with Crippen molar-refractivity contribution in [2.75, 3.05) is 18.4 Å². The fourth-order valence-electron chi connectivity index (χ4n) is 4.84. The number of nitrogens with one attached hydrogen (secondary N) is 2. The van der Waals surface area contributed by atoms with Crippen LogP contribution in [0.25, 0.3) is 11.3 Å². The highest BCUT2D eigenvalue weighted by atomic mass is 32.2. The van der Waals surface area contributed by atoms with Gasteiger partial charge in [0.25, 0.3) is 0 Å². The zero-order valence-corrected chi connectivity index (χ0v) is 24.1. The molecule has 1 saturated heterocycles. The molecule has 0 saturated carbocycles. The van der Waals surface area contributed by atoms with Gasteiger partial charge in [0.05, 0.1) is 28.4 Å². The molecule has 3 heterocycles. The summed E-state index contributed by atoms with van der Waals surface area (Å²) in [6, 6.07) is 13.3. The summed E-state index contributed by atoms with van der Waals surface area (Å²) in [6.45, 7) is 0.480. The zero-order valence-electron chi connectivity index (χ0n) is 23.3. The molecule has 1 fully saturated rings. The predicted molar refractivity (Wildman–Crippen MR) is 154 cm³/mol. The molecular formula is C30H28F4N6O3S. The Balaban J connectivity index is 1.33. The molecule has 1 aliphatic rings. The lowest BCUT2D eigenvalue weighted by Gasteiger charge is -2.23. The normalized spacial score (nSPS) is 15.7. The molecule has 0 aliphatic carbocycles. The second kappa shape index (κ2) is 13.1. The number of amides is 1. The van der Waals surface area contributed by atoms with Gasteiger partial charge in [-0.05, 0) is 73.4 Å². The summed E-state index contributed by atoms with van der Waals surface area (Å²) < 4.78 is 80.2. The summed E-state index contributed by atoms with van der Waals surface area (Å²) in [7, 11) is -4.04. The summed E-state index contributed by atoms with van der Waals surface area (Å²) in [4.78, 5) is 26.1. The van der Waals surface area contributed by atoms with Crippen LogP contribution in [-0.2, 0) is 34.0 Å². The molecule has 14 heteroatoms.